The van der Waals surface area contributed by atoms with Crippen molar-refractivity contribution in [3.63, 3.8) is 0 Å². The van der Waals surface area contributed by atoms with Gasteiger partial charge in [0.05, 0.1) is 5.69 Å². The first kappa shape index (κ1) is 11.6. The lowest BCUT2D eigenvalue weighted by atomic mass is 10.1. The monoisotopic (exact) mass is 233 g/mol. The molecule has 0 unspecified atom stereocenters. The zero-order chi connectivity index (χ0) is 12.3. The van der Waals surface area contributed by atoms with Crippen molar-refractivity contribution in [2.75, 3.05) is 5.73 Å². The number of nitrogen functional groups attached to an aromatic ring is 1. The van der Waals surface area contributed by atoms with Gasteiger partial charge >= 0.3 is 0 Å². The molecule has 0 bridgehead atoms. The minimum Gasteiger partial charge on any atom is -0.384 e. The number of aryl methyl sites for hydroxylation is 1. The van der Waals surface area contributed by atoms with Crippen LogP contribution < -0.4 is 5.73 Å². The third kappa shape index (κ3) is 2.64. The fourth-order valence-corrected chi connectivity index (χ4v) is 1.68. The van der Waals surface area contributed by atoms with Crippen molar-refractivity contribution in [2.45, 2.75) is 26.3 Å². The lowest BCUT2D eigenvalue weighted by Crippen LogP contribution is -2.04. The first-order valence-corrected chi connectivity index (χ1v) is 5.80. The van der Waals surface area contributed by atoms with Crippen molar-refractivity contribution in [3.8, 4) is 11.3 Å². The molecule has 1 heterocycles. The molecule has 4 heteroatoms. The summed E-state index contributed by atoms with van der Waals surface area (Å²) in [5.74, 6) is 0.407. The summed E-state index contributed by atoms with van der Waals surface area (Å²) in [4.78, 5) is 0. The van der Waals surface area contributed by atoms with Crippen LogP contribution in [0.5, 0.6) is 0 Å². The Morgan fingerprint density at radius 1 is 1.29 bits per heavy atom. The number of benzene rings is 1. The molecule has 0 spiro atoms. The van der Waals surface area contributed by atoms with Gasteiger partial charge in [-0.1, -0.05) is 13.3 Å². The molecule has 17 heavy (non-hydrogen) atoms. The molecule has 0 radical (unpaired) electrons. The van der Waals surface area contributed by atoms with Gasteiger partial charge in [0, 0.05) is 18.2 Å². The van der Waals surface area contributed by atoms with Crippen LogP contribution in [0.25, 0.3) is 11.3 Å². The highest BCUT2D eigenvalue weighted by Gasteiger charge is 2.06. The Hall–Kier alpha value is -1.84. The Labute approximate surface area is 100 Å². The van der Waals surface area contributed by atoms with Gasteiger partial charge in [0.15, 0.2) is 0 Å². The first-order valence-electron chi connectivity index (χ1n) is 5.80. The van der Waals surface area contributed by atoms with E-state index in [1.54, 1.807) is 16.8 Å². The Bertz CT molecular complexity index is 488. The third-order valence-electron chi connectivity index (χ3n) is 2.67. The minimum absolute atomic E-state index is 0.243. The topological polar surface area (TPSA) is 43.8 Å². The summed E-state index contributed by atoms with van der Waals surface area (Å²) in [6, 6.07) is 8.10. The number of nitrogens with two attached hydrogens (primary N) is 1. The molecule has 1 aromatic carbocycles. The number of unbranched alkanes of at least 4 members (excludes halogenated alkanes) is 1. The Balaban J connectivity index is 2.24. The number of nitrogens with zero attached hydrogens (tertiary/aromatic N) is 2. The standard InChI is InChI=1S/C13H16FN3/c1-2-3-8-17-13(15)9-12(16-17)10-4-6-11(14)7-5-10/h4-7,9H,2-3,8,15H2,1H3. The number of anilines is 1. The average Bonchev–Trinajstić information content (AvgIpc) is 2.69. The molecular weight excluding hydrogens is 217 g/mol. The molecule has 0 atom stereocenters. The van der Waals surface area contributed by atoms with E-state index in [2.05, 4.69) is 12.0 Å². The number of hydrogen-bond acceptors (Lipinski definition) is 2. The smallest absolute Gasteiger partial charge is 0.123 e. The summed E-state index contributed by atoms with van der Waals surface area (Å²) in [5.41, 5.74) is 7.55. The van der Waals surface area contributed by atoms with Gasteiger partial charge < -0.3 is 5.73 Å². The number of rotatable bonds is 4. The Morgan fingerprint density at radius 3 is 2.65 bits per heavy atom. The second kappa shape index (κ2) is 4.99. The number of hydrogen-bond donors (Lipinski definition) is 1. The van der Waals surface area contributed by atoms with Gasteiger partial charge in [0.25, 0.3) is 0 Å². The van der Waals surface area contributed by atoms with Gasteiger partial charge in [0.2, 0.25) is 0 Å². The van der Waals surface area contributed by atoms with Crippen LogP contribution in [0.3, 0.4) is 0 Å². The summed E-state index contributed by atoms with van der Waals surface area (Å²) in [7, 11) is 0. The Morgan fingerprint density at radius 2 is 2.00 bits per heavy atom. The van der Waals surface area contributed by atoms with Crippen LogP contribution in [-0.4, -0.2) is 9.78 Å². The van der Waals surface area contributed by atoms with Crippen LogP contribution >= 0.6 is 0 Å². The van der Waals surface area contributed by atoms with E-state index in [4.69, 9.17) is 5.73 Å². The van der Waals surface area contributed by atoms with Gasteiger partial charge in [-0.25, -0.2) is 9.07 Å². The Kier molecular flexibility index (Phi) is 3.42. The molecule has 2 rings (SSSR count). The van der Waals surface area contributed by atoms with E-state index in [0.29, 0.717) is 5.82 Å². The van der Waals surface area contributed by atoms with Crippen LogP contribution in [0.4, 0.5) is 10.2 Å². The maximum Gasteiger partial charge on any atom is 0.123 e. The van der Waals surface area contributed by atoms with E-state index in [1.165, 1.54) is 12.1 Å². The number of halogens is 1. The minimum atomic E-state index is -0.243. The second-order valence-electron chi connectivity index (χ2n) is 4.04. The molecule has 90 valence electrons. The summed E-state index contributed by atoms with van der Waals surface area (Å²) >= 11 is 0. The van der Waals surface area contributed by atoms with Crippen molar-refractivity contribution in [1.82, 2.24) is 9.78 Å². The predicted octanol–water partition coefficient (Wildman–Crippen LogP) is 3.07. The van der Waals surface area contributed by atoms with Crippen molar-refractivity contribution in [1.29, 1.82) is 0 Å². The van der Waals surface area contributed by atoms with Crippen molar-refractivity contribution in [2.24, 2.45) is 0 Å². The van der Waals surface area contributed by atoms with Crippen LogP contribution in [-0.2, 0) is 6.54 Å². The van der Waals surface area contributed by atoms with Gasteiger partial charge in [-0.3, -0.25) is 0 Å². The molecule has 0 amide bonds. The zero-order valence-corrected chi connectivity index (χ0v) is 9.86. The van der Waals surface area contributed by atoms with E-state index < -0.39 is 0 Å². The maximum absolute atomic E-state index is 12.8. The lowest BCUT2D eigenvalue weighted by molar-refractivity contribution is 0.580. The second-order valence-corrected chi connectivity index (χ2v) is 4.04. The lowest BCUT2D eigenvalue weighted by Gasteiger charge is -2.01. The van der Waals surface area contributed by atoms with Crippen LogP contribution in [0, 0.1) is 5.82 Å². The molecule has 0 aliphatic heterocycles. The van der Waals surface area contributed by atoms with Crippen molar-refractivity contribution >= 4 is 5.82 Å². The summed E-state index contributed by atoms with van der Waals surface area (Å²) < 4.78 is 14.6. The van der Waals surface area contributed by atoms with E-state index in [1.807, 2.05) is 6.07 Å². The molecule has 2 N–H and O–H groups in total. The van der Waals surface area contributed by atoms with Crippen LogP contribution in [0.2, 0.25) is 0 Å². The fourth-order valence-electron chi connectivity index (χ4n) is 1.68. The zero-order valence-electron chi connectivity index (χ0n) is 9.86. The quantitative estimate of drug-likeness (QED) is 0.882. The highest BCUT2D eigenvalue weighted by atomic mass is 19.1. The van der Waals surface area contributed by atoms with Crippen molar-refractivity contribution < 1.29 is 4.39 Å². The van der Waals surface area contributed by atoms with Crippen LogP contribution in [0.1, 0.15) is 19.8 Å². The van der Waals surface area contributed by atoms with E-state index in [9.17, 15) is 4.39 Å². The first-order chi connectivity index (χ1) is 8.20. The highest BCUT2D eigenvalue weighted by molar-refractivity contribution is 5.62. The molecule has 0 saturated heterocycles. The highest BCUT2D eigenvalue weighted by Crippen LogP contribution is 2.20. The van der Waals surface area contributed by atoms with Gasteiger partial charge in [-0.15, -0.1) is 0 Å². The summed E-state index contributed by atoms with van der Waals surface area (Å²) in [5, 5.41) is 4.42. The van der Waals surface area contributed by atoms with Crippen molar-refractivity contribution in [3.05, 3.63) is 36.1 Å². The predicted molar refractivity (Wildman–Crippen MR) is 66.9 cm³/mol. The normalized spacial score (nSPS) is 10.7. The van der Waals surface area contributed by atoms with Gasteiger partial charge in [-0.05, 0) is 30.7 Å². The number of aromatic nitrogens is 2. The summed E-state index contributed by atoms with van der Waals surface area (Å²) in [6.07, 6.45) is 2.15. The molecule has 0 fully saturated rings. The molecule has 0 aliphatic rings. The molecule has 0 saturated carbocycles. The van der Waals surface area contributed by atoms with E-state index >= 15 is 0 Å². The van der Waals surface area contributed by atoms with E-state index in [0.717, 1.165) is 30.6 Å². The van der Waals surface area contributed by atoms with E-state index in [-0.39, 0.29) is 5.82 Å². The largest absolute Gasteiger partial charge is 0.384 e. The average molecular weight is 233 g/mol. The van der Waals surface area contributed by atoms with Gasteiger partial charge in [-0.2, -0.15) is 5.10 Å². The third-order valence-corrected chi connectivity index (χ3v) is 2.67. The maximum atomic E-state index is 12.8. The molecule has 3 nitrogen and oxygen atoms in total. The SMILES string of the molecule is CCCCn1nc(-c2ccc(F)cc2)cc1N. The fraction of sp³-hybridized carbons (Fsp3) is 0.308. The molecule has 0 aliphatic carbocycles. The molecule has 2 aromatic rings. The summed E-state index contributed by atoms with van der Waals surface area (Å²) in [6.45, 7) is 2.95. The van der Waals surface area contributed by atoms with Crippen LogP contribution in [0.15, 0.2) is 30.3 Å². The molecule has 1 aromatic heterocycles. The van der Waals surface area contributed by atoms with Gasteiger partial charge in [0.1, 0.15) is 11.6 Å². The molecular formula is C13H16FN3.